The number of hydrogen-bond donors (Lipinski definition) is 0. The smallest absolute Gasteiger partial charge is 0.151 e. The summed E-state index contributed by atoms with van der Waals surface area (Å²) in [6, 6.07) is 5.73. The number of nitriles is 1. The Bertz CT molecular complexity index is 434. The molecule has 0 fully saturated rings. The van der Waals surface area contributed by atoms with E-state index in [1.54, 1.807) is 7.11 Å². The zero-order valence-electron chi connectivity index (χ0n) is 10.00. The van der Waals surface area contributed by atoms with E-state index in [-0.39, 0.29) is 5.78 Å². The Balaban J connectivity index is 3.35. The van der Waals surface area contributed by atoms with E-state index in [2.05, 4.69) is 0 Å². The average Bonchev–Trinajstić information content (AvgIpc) is 2.22. The molecule has 3 heteroatoms. The molecule has 1 aromatic carbocycles. The maximum absolute atomic E-state index is 11.4. The Labute approximate surface area is 95.7 Å². The number of aryl methyl sites for hydroxylation is 2. The number of nitrogens with zero attached hydrogens (tertiary/aromatic N) is 1. The first-order valence-electron chi connectivity index (χ1n) is 5.06. The number of hydrogen-bond acceptors (Lipinski definition) is 3. The largest absolute Gasteiger partial charge is 0.497 e. The lowest BCUT2D eigenvalue weighted by Gasteiger charge is -2.14. The van der Waals surface area contributed by atoms with Crippen LogP contribution in [0, 0.1) is 25.2 Å². The van der Waals surface area contributed by atoms with Gasteiger partial charge in [0.15, 0.2) is 5.78 Å². The molecule has 0 spiro atoms. The lowest BCUT2D eigenvalue weighted by molar-refractivity contribution is -0.117. The molecule has 0 bridgehead atoms. The second-order valence-electron chi connectivity index (χ2n) is 3.85. The van der Waals surface area contributed by atoms with Crippen LogP contribution in [0.1, 0.15) is 29.5 Å². The normalized spacial score (nSPS) is 11.7. The summed E-state index contributed by atoms with van der Waals surface area (Å²) in [7, 11) is 1.60. The van der Waals surface area contributed by atoms with Crippen LogP contribution in [-0.2, 0) is 4.79 Å². The van der Waals surface area contributed by atoms with Crippen molar-refractivity contribution in [2.75, 3.05) is 7.11 Å². The first-order chi connectivity index (χ1) is 7.51. The molecular weight excluding hydrogens is 202 g/mol. The molecule has 0 N–H and O–H groups in total. The first-order valence-corrected chi connectivity index (χ1v) is 5.06. The van der Waals surface area contributed by atoms with Gasteiger partial charge in [0.25, 0.3) is 0 Å². The van der Waals surface area contributed by atoms with Crippen molar-refractivity contribution in [1.82, 2.24) is 0 Å². The van der Waals surface area contributed by atoms with Crippen LogP contribution in [0.4, 0.5) is 0 Å². The second-order valence-corrected chi connectivity index (χ2v) is 3.85. The highest BCUT2D eigenvalue weighted by Gasteiger charge is 2.20. The molecule has 3 nitrogen and oxygen atoms in total. The van der Waals surface area contributed by atoms with Gasteiger partial charge in [0, 0.05) is 0 Å². The predicted octanol–water partition coefficient (Wildman–Crippen LogP) is 2.51. The highest BCUT2D eigenvalue weighted by Crippen LogP contribution is 2.28. The van der Waals surface area contributed by atoms with E-state index in [9.17, 15) is 4.79 Å². The van der Waals surface area contributed by atoms with Crippen molar-refractivity contribution >= 4 is 5.78 Å². The third-order valence-electron chi connectivity index (χ3n) is 2.63. The Morgan fingerprint density at radius 1 is 1.38 bits per heavy atom. The molecule has 16 heavy (non-hydrogen) atoms. The van der Waals surface area contributed by atoms with Crippen molar-refractivity contribution in [2.24, 2.45) is 0 Å². The lowest BCUT2D eigenvalue weighted by atomic mass is 9.89. The Morgan fingerprint density at radius 3 is 2.19 bits per heavy atom. The van der Waals surface area contributed by atoms with Gasteiger partial charge in [-0.3, -0.25) is 4.79 Å². The molecule has 0 aliphatic carbocycles. The van der Waals surface area contributed by atoms with Crippen LogP contribution >= 0.6 is 0 Å². The van der Waals surface area contributed by atoms with Crippen LogP contribution in [0.15, 0.2) is 12.1 Å². The van der Waals surface area contributed by atoms with Gasteiger partial charge in [-0.2, -0.15) is 5.26 Å². The summed E-state index contributed by atoms with van der Waals surface area (Å²) in [6.45, 7) is 5.22. The number of methoxy groups -OCH3 is 1. The molecule has 0 heterocycles. The fourth-order valence-electron chi connectivity index (χ4n) is 1.87. The molecule has 0 saturated heterocycles. The third-order valence-corrected chi connectivity index (χ3v) is 2.63. The highest BCUT2D eigenvalue weighted by atomic mass is 16.5. The topological polar surface area (TPSA) is 50.1 Å². The standard InChI is InChI=1S/C13H15NO2/c1-8-5-11(16-4)6-9(2)13(8)12(7-14)10(3)15/h5-6,12H,1-4H3. The SMILES string of the molecule is COc1cc(C)c(C(C#N)C(C)=O)c(C)c1. The van der Waals surface area contributed by atoms with Crippen molar-refractivity contribution in [2.45, 2.75) is 26.7 Å². The summed E-state index contributed by atoms with van der Waals surface area (Å²) in [5, 5.41) is 9.02. The van der Waals surface area contributed by atoms with E-state index in [1.807, 2.05) is 32.0 Å². The zero-order valence-corrected chi connectivity index (χ0v) is 10.00. The number of ether oxygens (including phenoxy) is 1. The van der Waals surface area contributed by atoms with Crippen molar-refractivity contribution < 1.29 is 9.53 Å². The molecule has 0 radical (unpaired) electrons. The van der Waals surface area contributed by atoms with Crippen molar-refractivity contribution in [1.29, 1.82) is 5.26 Å². The van der Waals surface area contributed by atoms with E-state index >= 15 is 0 Å². The van der Waals surface area contributed by atoms with Gasteiger partial charge in [0.1, 0.15) is 11.7 Å². The number of rotatable bonds is 3. The molecule has 0 saturated carbocycles. The van der Waals surface area contributed by atoms with Crippen LogP contribution in [0.5, 0.6) is 5.75 Å². The lowest BCUT2D eigenvalue weighted by Crippen LogP contribution is -2.10. The molecule has 0 aliphatic heterocycles. The van der Waals surface area contributed by atoms with Crippen LogP contribution in [0.2, 0.25) is 0 Å². The van der Waals surface area contributed by atoms with Crippen LogP contribution in [0.3, 0.4) is 0 Å². The van der Waals surface area contributed by atoms with Crippen molar-refractivity contribution in [3.63, 3.8) is 0 Å². The fourth-order valence-corrected chi connectivity index (χ4v) is 1.87. The minimum atomic E-state index is -0.675. The van der Waals surface area contributed by atoms with E-state index < -0.39 is 5.92 Å². The van der Waals surface area contributed by atoms with E-state index in [1.165, 1.54) is 6.92 Å². The molecule has 1 unspecified atom stereocenters. The molecule has 0 aromatic heterocycles. The summed E-state index contributed by atoms with van der Waals surface area (Å²) in [6.07, 6.45) is 0. The van der Waals surface area contributed by atoms with Crippen molar-refractivity contribution in [3.8, 4) is 11.8 Å². The number of carbonyl (C=O) groups excluding carboxylic acids is 1. The van der Waals surface area contributed by atoms with Crippen LogP contribution in [-0.4, -0.2) is 12.9 Å². The molecule has 84 valence electrons. The van der Waals surface area contributed by atoms with E-state index in [0.29, 0.717) is 0 Å². The minimum absolute atomic E-state index is 0.126. The van der Waals surface area contributed by atoms with Crippen molar-refractivity contribution in [3.05, 3.63) is 28.8 Å². The summed E-state index contributed by atoms with van der Waals surface area (Å²) in [5.41, 5.74) is 2.63. The maximum Gasteiger partial charge on any atom is 0.151 e. The molecular formula is C13H15NO2. The first kappa shape index (κ1) is 12.3. The maximum atomic E-state index is 11.4. The van der Waals surface area contributed by atoms with Gasteiger partial charge in [-0.25, -0.2) is 0 Å². The second kappa shape index (κ2) is 4.80. The fraction of sp³-hybridized carbons (Fsp3) is 0.385. The van der Waals surface area contributed by atoms with Gasteiger partial charge in [-0.05, 0) is 49.6 Å². The van der Waals surface area contributed by atoms with Crippen LogP contribution < -0.4 is 4.74 Å². The Morgan fingerprint density at radius 2 is 1.88 bits per heavy atom. The molecule has 1 aromatic rings. The number of ketones is 1. The summed E-state index contributed by atoms with van der Waals surface area (Å²) in [4.78, 5) is 11.4. The quantitative estimate of drug-likeness (QED) is 0.781. The van der Waals surface area contributed by atoms with Gasteiger partial charge in [-0.1, -0.05) is 0 Å². The zero-order chi connectivity index (χ0) is 12.3. The highest BCUT2D eigenvalue weighted by molar-refractivity contribution is 5.87. The molecule has 1 atom stereocenters. The Hall–Kier alpha value is -1.82. The monoisotopic (exact) mass is 217 g/mol. The van der Waals surface area contributed by atoms with Gasteiger partial charge in [0.2, 0.25) is 0 Å². The van der Waals surface area contributed by atoms with E-state index in [0.717, 1.165) is 22.4 Å². The minimum Gasteiger partial charge on any atom is -0.497 e. The van der Waals surface area contributed by atoms with Gasteiger partial charge in [-0.15, -0.1) is 0 Å². The molecule has 0 aliphatic rings. The third kappa shape index (κ3) is 2.22. The Kier molecular flexibility index (Phi) is 3.68. The van der Waals surface area contributed by atoms with Gasteiger partial charge >= 0.3 is 0 Å². The van der Waals surface area contributed by atoms with Crippen LogP contribution in [0.25, 0.3) is 0 Å². The summed E-state index contributed by atoms with van der Waals surface area (Å²) < 4.78 is 5.14. The van der Waals surface area contributed by atoms with Gasteiger partial charge < -0.3 is 4.74 Å². The predicted molar refractivity (Wildman–Crippen MR) is 61.5 cm³/mol. The van der Waals surface area contributed by atoms with Gasteiger partial charge in [0.05, 0.1) is 13.2 Å². The number of Topliss-reactive ketones (excluding diaryl/α,β-unsaturated/α-hetero) is 1. The summed E-state index contributed by atoms with van der Waals surface area (Å²) >= 11 is 0. The summed E-state index contributed by atoms with van der Waals surface area (Å²) in [5.74, 6) is -0.0521. The molecule has 0 amide bonds. The number of carbonyl (C=O) groups is 1. The average molecular weight is 217 g/mol. The number of benzene rings is 1. The van der Waals surface area contributed by atoms with E-state index in [4.69, 9.17) is 10.00 Å². The molecule has 1 rings (SSSR count).